The van der Waals surface area contributed by atoms with Gasteiger partial charge in [-0.05, 0) is 28.5 Å². The molecule has 0 fully saturated rings. The summed E-state index contributed by atoms with van der Waals surface area (Å²) in [6.45, 7) is -0.0843. The molecule has 0 aliphatic heterocycles. The number of hydrogen-bond donors (Lipinski definition) is 3. The number of alkyl halides is 2. The van der Waals surface area contributed by atoms with Gasteiger partial charge in [0.15, 0.2) is 5.69 Å². The number of benzene rings is 1. The summed E-state index contributed by atoms with van der Waals surface area (Å²) in [5, 5.41) is 24.2. The summed E-state index contributed by atoms with van der Waals surface area (Å²) in [5.74, 6) is -1.48. The maximum absolute atomic E-state index is 13.3. The van der Waals surface area contributed by atoms with Crippen LogP contribution in [-0.2, 0) is 10.0 Å². The number of nitrogens with one attached hydrogen (secondary N) is 2. The molecule has 1 aromatic heterocycles. The van der Waals surface area contributed by atoms with Crippen LogP contribution in [0.2, 0.25) is 0 Å². The summed E-state index contributed by atoms with van der Waals surface area (Å²) >= 11 is 0. The molecule has 0 saturated carbocycles. The quantitative estimate of drug-likeness (QED) is 0.274. The van der Waals surface area contributed by atoms with Crippen molar-refractivity contribution in [3.8, 4) is 0 Å². The molecule has 0 unspecified atom stereocenters. The van der Waals surface area contributed by atoms with E-state index in [4.69, 9.17) is 5.21 Å². The predicted octanol–water partition coefficient (Wildman–Crippen LogP) is 1.84. The van der Waals surface area contributed by atoms with Gasteiger partial charge in [0.2, 0.25) is 21.7 Å². The van der Waals surface area contributed by atoms with E-state index in [9.17, 15) is 21.6 Å². The third-order valence-electron chi connectivity index (χ3n) is 2.93. The zero-order chi connectivity index (χ0) is 20.0. The van der Waals surface area contributed by atoms with Gasteiger partial charge in [-0.15, -0.1) is 0 Å². The smallest absolute Gasteiger partial charge is 0.266 e. The maximum atomic E-state index is 13.3. The molecule has 1 heterocycles. The highest BCUT2D eigenvalue weighted by Crippen LogP contribution is 2.25. The number of aromatic nitrogens is 2. The van der Waals surface area contributed by atoms with Gasteiger partial charge in [0.25, 0.3) is 6.43 Å². The Kier molecular flexibility index (Phi) is 6.33. The Morgan fingerprint density at radius 2 is 2.15 bits per heavy atom. The van der Waals surface area contributed by atoms with Crippen LogP contribution >= 0.6 is 0 Å². The number of halogens is 3. The predicted molar refractivity (Wildman–Crippen MR) is 89.4 cm³/mol. The number of hydrogen-bond acceptors (Lipinski definition) is 8. The number of oxime groups is 1. The van der Waals surface area contributed by atoms with E-state index in [0.717, 1.165) is 30.7 Å². The van der Waals surface area contributed by atoms with Crippen molar-refractivity contribution in [2.24, 2.45) is 9.55 Å². The molecule has 0 saturated heterocycles. The molecule has 2 aromatic rings. The lowest BCUT2D eigenvalue weighted by molar-refractivity contribution is 0.146. The molecule has 3 N–H and O–H groups in total. The molecule has 0 atom stereocenters. The lowest BCUT2D eigenvalue weighted by Gasteiger charge is -2.09. The molecule has 2 rings (SSSR count). The van der Waals surface area contributed by atoms with Crippen LogP contribution in [0.3, 0.4) is 0 Å². The number of amidine groups is 1. The van der Waals surface area contributed by atoms with Gasteiger partial charge in [0.05, 0.1) is 18.4 Å². The van der Waals surface area contributed by atoms with Crippen LogP contribution in [0.4, 0.5) is 24.7 Å². The van der Waals surface area contributed by atoms with Crippen molar-refractivity contribution in [3.63, 3.8) is 0 Å². The molecule has 146 valence electrons. The first kappa shape index (κ1) is 20.2. The van der Waals surface area contributed by atoms with Gasteiger partial charge in [-0.1, -0.05) is 5.16 Å². The topological polar surface area (TPSA) is 142 Å². The van der Waals surface area contributed by atoms with Crippen LogP contribution in [-0.4, -0.2) is 48.8 Å². The third kappa shape index (κ3) is 5.67. The Bertz CT molecular complexity index is 961. The number of anilines is 2. The second-order valence-electron chi connectivity index (χ2n) is 4.97. The molecule has 0 aliphatic rings. The average Bonchev–Trinajstić information content (AvgIpc) is 3.05. The van der Waals surface area contributed by atoms with E-state index in [1.807, 2.05) is 0 Å². The Morgan fingerprint density at radius 3 is 2.78 bits per heavy atom. The first-order chi connectivity index (χ1) is 12.7. The fraction of sp³-hybridized carbons (Fsp3) is 0.231. The number of sulfonamides is 1. The fourth-order valence-electron chi connectivity index (χ4n) is 1.83. The van der Waals surface area contributed by atoms with Crippen LogP contribution in [0, 0.1) is 5.82 Å². The maximum Gasteiger partial charge on any atom is 0.266 e. The van der Waals surface area contributed by atoms with Crippen LogP contribution < -0.4 is 10.6 Å². The van der Waals surface area contributed by atoms with Gasteiger partial charge in [-0.3, -0.25) is 0 Å². The minimum Gasteiger partial charge on any atom is -0.409 e. The zero-order valence-electron chi connectivity index (χ0n) is 13.6. The van der Waals surface area contributed by atoms with Gasteiger partial charge >= 0.3 is 0 Å². The molecular weight excluding hydrogens is 393 g/mol. The Morgan fingerprint density at radius 1 is 1.41 bits per heavy atom. The van der Waals surface area contributed by atoms with E-state index >= 15 is 0 Å². The van der Waals surface area contributed by atoms with Crippen molar-refractivity contribution in [3.05, 3.63) is 35.3 Å². The van der Waals surface area contributed by atoms with Crippen molar-refractivity contribution >= 4 is 33.6 Å². The van der Waals surface area contributed by atoms with Crippen LogP contribution in [0.25, 0.3) is 0 Å². The molecule has 0 bridgehead atoms. The van der Waals surface area contributed by atoms with Crippen molar-refractivity contribution in [1.29, 1.82) is 0 Å². The second kappa shape index (κ2) is 8.48. The number of nitrogens with zero attached hydrogens (tertiary/aromatic N) is 4. The SMILES string of the molecule is CS(=O)(=O)N=CCNc1nonc1C(=NO)Nc1ccc(F)c(C(F)F)c1. The Hall–Kier alpha value is -3.16. The third-order valence-corrected chi connectivity index (χ3v) is 3.47. The largest absolute Gasteiger partial charge is 0.409 e. The monoisotopic (exact) mass is 406 g/mol. The molecule has 0 spiro atoms. The average molecular weight is 406 g/mol. The molecule has 10 nitrogen and oxygen atoms in total. The first-order valence-corrected chi connectivity index (χ1v) is 8.93. The van der Waals surface area contributed by atoms with Crippen molar-refractivity contribution in [1.82, 2.24) is 10.3 Å². The van der Waals surface area contributed by atoms with E-state index in [-0.39, 0.29) is 29.6 Å². The molecule has 0 amide bonds. The van der Waals surface area contributed by atoms with E-state index in [2.05, 4.69) is 35.1 Å². The van der Waals surface area contributed by atoms with E-state index in [1.165, 1.54) is 0 Å². The Balaban J connectivity index is 2.16. The van der Waals surface area contributed by atoms with E-state index < -0.39 is 27.8 Å². The molecule has 0 radical (unpaired) electrons. The minimum absolute atomic E-state index is 0.00733. The van der Waals surface area contributed by atoms with Gasteiger partial charge < -0.3 is 15.8 Å². The molecular formula is C13H13F3N6O4S. The summed E-state index contributed by atoms with van der Waals surface area (Å²) in [4.78, 5) is 0. The van der Waals surface area contributed by atoms with Crippen LogP contribution in [0.15, 0.2) is 32.4 Å². The lowest BCUT2D eigenvalue weighted by Crippen LogP contribution is -2.17. The van der Waals surface area contributed by atoms with Crippen molar-refractivity contribution in [2.75, 3.05) is 23.4 Å². The zero-order valence-corrected chi connectivity index (χ0v) is 14.4. The summed E-state index contributed by atoms with van der Waals surface area (Å²) in [6, 6.07) is 2.80. The summed E-state index contributed by atoms with van der Waals surface area (Å²) in [5.41, 5.74) is -0.994. The normalized spacial score (nSPS) is 12.7. The second-order valence-corrected chi connectivity index (χ2v) is 6.65. The first-order valence-electron chi connectivity index (χ1n) is 7.08. The summed E-state index contributed by atoms with van der Waals surface area (Å²) < 4.78 is 68.5. The molecule has 27 heavy (non-hydrogen) atoms. The van der Waals surface area contributed by atoms with Crippen LogP contribution in [0.5, 0.6) is 0 Å². The van der Waals surface area contributed by atoms with Crippen molar-refractivity contribution in [2.45, 2.75) is 6.43 Å². The molecule has 1 aromatic carbocycles. The van der Waals surface area contributed by atoms with Gasteiger partial charge in [0, 0.05) is 11.9 Å². The summed E-state index contributed by atoms with van der Waals surface area (Å²) in [6.07, 6.45) is -1.09. The van der Waals surface area contributed by atoms with Crippen molar-refractivity contribution < 1.29 is 31.4 Å². The van der Waals surface area contributed by atoms with E-state index in [0.29, 0.717) is 0 Å². The van der Waals surface area contributed by atoms with Gasteiger partial charge in [-0.25, -0.2) is 26.2 Å². The summed E-state index contributed by atoms with van der Waals surface area (Å²) in [7, 11) is -3.55. The Labute approximate surface area is 150 Å². The van der Waals surface area contributed by atoms with Crippen LogP contribution in [0.1, 0.15) is 17.7 Å². The fourth-order valence-corrected chi connectivity index (χ4v) is 2.18. The standard InChI is InChI=1S/C13H13F3N6O4S/c1-27(24,25)18-5-4-17-12-10(21-26-22-12)13(20-23)19-7-2-3-9(14)8(6-7)11(15)16/h2-3,5-6,11,23H,4H2,1H3,(H,17,22)(H,19,20). The van der Waals surface area contributed by atoms with Gasteiger partial charge in [-0.2, -0.15) is 4.40 Å². The molecule has 14 heteroatoms. The minimum atomic E-state index is -3.55. The van der Waals surface area contributed by atoms with Gasteiger partial charge in [0.1, 0.15) is 5.82 Å². The lowest BCUT2D eigenvalue weighted by atomic mass is 10.2. The molecule has 0 aliphatic carbocycles. The highest BCUT2D eigenvalue weighted by atomic mass is 32.2. The van der Waals surface area contributed by atoms with E-state index in [1.54, 1.807) is 0 Å². The number of rotatable bonds is 7. The highest BCUT2D eigenvalue weighted by Gasteiger charge is 2.19. The highest BCUT2D eigenvalue weighted by molar-refractivity contribution is 7.89.